The maximum absolute atomic E-state index is 13.7. The molecule has 0 spiro atoms. The number of alkyl carbamates (subject to hydrolysis) is 1. The van der Waals surface area contributed by atoms with Crippen LogP contribution in [0, 0.1) is 0 Å². The van der Waals surface area contributed by atoms with E-state index in [1.165, 1.54) is 14.2 Å². The number of anilines is 1. The Morgan fingerprint density at radius 3 is 2.33 bits per heavy atom. The zero-order chi connectivity index (χ0) is 28.5. The summed E-state index contributed by atoms with van der Waals surface area (Å²) in [6.07, 6.45) is -0.505. The Morgan fingerprint density at radius 1 is 0.974 bits per heavy atom. The van der Waals surface area contributed by atoms with Crippen molar-refractivity contribution >= 4 is 46.8 Å². The third-order valence-corrected chi connectivity index (χ3v) is 6.89. The van der Waals surface area contributed by atoms with Gasteiger partial charge in [0.15, 0.2) is 5.54 Å². The van der Waals surface area contributed by atoms with Gasteiger partial charge in [0.1, 0.15) is 5.75 Å². The number of halogens is 2. The van der Waals surface area contributed by atoms with Gasteiger partial charge in [-0.05, 0) is 62.2 Å². The molecule has 0 bridgehead atoms. The van der Waals surface area contributed by atoms with Crippen LogP contribution in [-0.2, 0) is 21.5 Å². The smallest absolute Gasteiger partial charge is 0.408 e. The van der Waals surface area contributed by atoms with E-state index < -0.39 is 23.1 Å². The number of hydrogen-bond donors (Lipinski definition) is 3. The second-order valence-corrected chi connectivity index (χ2v) is 11.0. The minimum Gasteiger partial charge on any atom is -0.496 e. The topological polar surface area (TPSA) is 106 Å². The highest BCUT2D eigenvalue weighted by Crippen LogP contribution is 2.46. The van der Waals surface area contributed by atoms with E-state index in [1.54, 1.807) is 54.6 Å². The van der Waals surface area contributed by atoms with Crippen LogP contribution in [0.25, 0.3) is 0 Å². The second kappa shape index (κ2) is 10.8. The van der Waals surface area contributed by atoms with E-state index in [4.69, 9.17) is 32.7 Å². The summed E-state index contributed by atoms with van der Waals surface area (Å²) in [6.45, 7) is 5.71. The summed E-state index contributed by atoms with van der Waals surface area (Å²) in [5.41, 5.74) is 1.10. The number of carbonyl (C=O) groups is 3. The first-order valence-corrected chi connectivity index (χ1v) is 12.9. The first-order valence-electron chi connectivity index (χ1n) is 12.1. The van der Waals surface area contributed by atoms with Crippen LogP contribution < -0.4 is 20.7 Å². The van der Waals surface area contributed by atoms with Crippen LogP contribution in [0.3, 0.4) is 0 Å². The quantitative estimate of drug-likeness (QED) is 0.354. The van der Waals surface area contributed by atoms with Crippen LogP contribution in [0.2, 0.25) is 10.0 Å². The molecular weight excluding hydrogens is 541 g/mol. The Balaban J connectivity index is 1.82. The molecule has 0 saturated carbocycles. The van der Waals surface area contributed by atoms with Crippen LogP contribution in [0.15, 0.2) is 54.6 Å². The Kier molecular flexibility index (Phi) is 7.82. The van der Waals surface area contributed by atoms with Crippen LogP contribution in [0.1, 0.15) is 53.4 Å². The number of methoxy groups -OCH3 is 2. The number of nitrogens with one attached hydrogen (secondary N) is 3. The first kappa shape index (κ1) is 28.3. The zero-order valence-electron chi connectivity index (χ0n) is 22.2. The third kappa shape index (κ3) is 5.53. The first-order chi connectivity index (χ1) is 18.4. The van der Waals surface area contributed by atoms with Crippen molar-refractivity contribution in [3.8, 4) is 5.75 Å². The number of ether oxygens (including phenoxy) is 2. The maximum Gasteiger partial charge on any atom is 0.408 e. The van der Waals surface area contributed by atoms with Gasteiger partial charge < -0.3 is 20.1 Å². The zero-order valence-corrected chi connectivity index (χ0v) is 23.7. The Bertz CT molecular complexity index is 1470. The molecule has 10 heteroatoms. The van der Waals surface area contributed by atoms with Crippen molar-refractivity contribution < 1.29 is 23.9 Å². The number of hydrogen-bond acceptors (Lipinski definition) is 5. The van der Waals surface area contributed by atoms with Gasteiger partial charge in [0.2, 0.25) is 0 Å². The summed E-state index contributed by atoms with van der Waals surface area (Å²) in [4.78, 5) is 38.9. The number of amides is 3. The third-order valence-electron chi connectivity index (χ3n) is 6.34. The largest absolute Gasteiger partial charge is 0.496 e. The summed E-state index contributed by atoms with van der Waals surface area (Å²) in [6, 6.07) is 15.3. The molecule has 0 fully saturated rings. The molecular formula is C29H29Cl2N3O5. The Labute approximate surface area is 237 Å². The summed E-state index contributed by atoms with van der Waals surface area (Å²) in [7, 11) is 2.74. The van der Waals surface area contributed by atoms with Gasteiger partial charge >= 0.3 is 6.09 Å². The fourth-order valence-corrected chi connectivity index (χ4v) is 5.17. The fraction of sp³-hybridized carbons (Fsp3) is 0.276. The predicted octanol–water partition coefficient (Wildman–Crippen LogP) is 5.67. The molecule has 8 nitrogen and oxygen atoms in total. The maximum atomic E-state index is 13.7. The van der Waals surface area contributed by atoms with Crippen molar-refractivity contribution in [2.24, 2.45) is 0 Å². The van der Waals surface area contributed by atoms with Crippen molar-refractivity contribution in [1.82, 2.24) is 10.6 Å². The molecule has 1 aliphatic rings. The number of carbonyl (C=O) groups excluding carboxylic acids is 3. The Morgan fingerprint density at radius 2 is 1.69 bits per heavy atom. The molecule has 0 aromatic heterocycles. The van der Waals surface area contributed by atoms with Gasteiger partial charge in [-0.2, -0.15) is 0 Å². The number of benzene rings is 3. The molecule has 0 radical (unpaired) electrons. The van der Waals surface area contributed by atoms with Gasteiger partial charge in [-0.1, -0.05) is 47.5 Å². The molecule has 0 saturated heterocycles. The van der Waals surface area contributed by atoms with Crippen LogP contribution in [0.4, 0.5) is 10.5 Å². The molecule has 39 heavy (non-hydrogen) atoms. The van der Waals surface area contributed by atoms with Crippen molar-refractivity contribution in [1.29, 1.82) is 0 Å². The Hall–Kier alpha value is -3.75. The summed E-state index contributed by atoms with van der Waals surface area (Å²) >= 11 is 13.1. The van der Waals surface area contributed by atoms with Gasteiger partial charge in [-0.15, -0.1) is 0 Å². The van der Waals surface area contributed by atoms with E-state index in [0.29, 0.717) is 45.1 Å². The molecule has 3 amide bonds. The van der Waals surface area contributed by atoms with E-state index in [9.17, 15) is 14.4 Å². The molecule has 204 valence electrons. The SMILES string of the molecule is COC(=O)NC1(c2ccccc2Cl)C(=O)Nc2c(Cc3ccc(C(=O)NC(C)(C)C)cc3OC)cc(Cl)cc21. The van der Waals surface area contributed by atoms with E-state index in [1.807, 2.05) is 20.8 Å². The van der Waals surface area contributed by atoms with Crippen molar-refractivity contribution in [3.63, 3.8) is 0 Å². The summed E-state index contributed by atoms with van der Waals surface area (Å²) in [5, 5.41) is 9.19. The number of fused-ring (bicyclic) bond motifs is 1. The van der Waals surface area contributed by atoms with Crippen molar-refractivity contribution in [3.05, 3.63) is 92.5 Å². The molecule has 1 aliphatic heterocycles. The molecule has 4 rings (SSSR count). The van der Waals surface area contributed by atoms with E-state index in [0.717, 1.165) is 5.56 Å². The molecule has 1 atom stereocenters. The second-order valence-electron chi connectivity index (χ2n) is 10.2. The highest BCUT2D eigenvalue weighted by Gasteiger charge is 2.52. The standard InChI is InChI=1S/C29H29Cl2N3O5/c1-28(2,3)33-25(35)17-11-10-16(23(14-17)38-4)12-18-13-19(30)15-21-24(18)32-26(36)29(21,34-27(37)39-5)20-8-6-7-9-22(20)31/h6-11,13-15H,12H2,1-5H3,(H,32,36)(H,33,35)(H,34,37). The highest BCUT2D eigenvalue weighted by atomic mass is 35.5. The molecule has 3 aromatic carbocycles. The lowest BCUT2D eigenvalue weighted by Crippen LogP contribution is -2.51. The number of rotatable bonds is 6. The highest BCUT2D eigenvalue weighted by molar-refractivity contribution is 6.33. The van der Waals surface area contributed by atoms with E-state index >= 15 is 0 Å². The lowest BCUT2D eigenvalue weighted by atomic mass is 9.82. The molecule has 0 aliphatic carbocycles. The minimum atomic E-state index is -1.68. The van der Waals surface area contributed by atoms with Gasteiger partial charge in [0.05, 0.1) is 19.9 Å². The fourth-order valence-electron chi connectivity index (χ4n) is 4.65. The monoisotopic (exact) mass is 569 g/mol. The molecule has 3 N–H and O–H groups in total. The minimum absolute atomic E-state index is 0.221. The van der Waals surface area contributed by atoms with E-state index in [2.05, 4.69) is 16.0 Å². The van der Waals surface area contributed by atoms with Crippen LogP contribution in [0.5, 0.6) is 5.75 Å². The predicted molar refractivity (Wildman–Crippen MR) is 151 cm³/mol. The van der Waals surface area contributed by atoms with Gasteiger partial charge in [0.25, 0.3) is 11.8 Å². The van der Waals surface area contributed by atoms with E-state index in [-0.39, 0.29) is 10.9 Å². The molecule has 1 heterocycles. The lowest BCUT2D eigenvalue weighted by Gasteiger charge is -2.29. The van der Waals surface area contributed by atoms with Gasteiger partial charge in [-0.25, -0.2) is 4.79 Å². The van der Waals surface area contributed by atoms with Crippen LogP contribution >= 0.6 is 23.2 Å². The summed E-state index contributed by atoms with van der Waals surface area (Å²) in [5.74, 6) is -0.234. The average Bonchev–Trinajstić information content (AvgIpc) is 3.15. The van der Waals surface area contributed by atoms with Gasteiger partial charge in [-0.3, -0.25) is 14.9 Å². The molecule has 3 aromatic rings. The molecule has 1 unspecified atom stereocenters. The lowest BCUT2D eigenvalue weighted by molar-refractivity contribution is -0.120. The summed E-state index contributed by atoms with van der Waals surface area (Å²) < 4.78 is 10.5. The van der Waals surface area contributed by atoms with Gasteiger partial charge in [0, 0.05) is 38.7 Å². The van der Waals surface area contributed by atoms with Crippen LogP contribution in [-0.4, -0.2) is 37.7 Å². The normalized spacial score (nSPS) is 16.2. The van der Waals surface area contributed by atoms with Crippen molar-refractivity contribution in [2.45, 2.75) is 38.3 Å². The average molecular weight is 570 g/mol. The van der Waals surface area contributed by atoms with Crippen molar-refractivity contribution in [2.75, 3.05) is 19.5 Å².